The van der Waals surface area contributed by atoms with Crippen LogP contribution in [-0.2, 0) is 10.0 Å². The first-order valence-corrected chi connectivity index (χ1v) is 7.73. The van der Waals surface area contributed by atoms with E-state index in [1.807, 2.05) is 4.72 Å². The van der Waals surface area contributed by atoms with Crippen molar-refractivity contribution in [3.8, 4) is 5.75 Å². The van der Waals surface area contributed by atoms with Gasteiger partial charge >= 0.3 is 5.97 Å². The molecule has 0 radical (unpaired) electrons. The lowest BCUT2D eigenvalue weighted by atomic mass is 10.2. The summed E-state index contributed by atoms with van der Waals surface area (Å²) in [6.07, 6.45) is 0.960. The van der Waals surface area contributed by atoms with Gasteiger partial charge in [0.15, 0.2) is 11.4 Å². The van der Waals surface area contributed by atoms with E-state index in [0.717, 1.165) is 12.3 Å². The fraction of sp³-hybridized carbons (Fsp3) is 0.0714. The second-order valence-electron chi connectivity index (χ2n) is 4.33. The number of aromatic nitrogens is 1. The van der Waals surface area contributed by atoms with E-state index in [2.05, 4.69) is 4.98 Å². The van der Waals surface area contributed by atoms with Gasteiger partial charge in [0.05, 0.1) is 17.6 Å². The molecule has 2 N–H and O–H groups in total. The van der Waals surface area contributed by atoms with Crippen LogP contribution in [0, 0.1) is 0 Å². The number of hydrogen-bond acceptors (Lipinski definition) is 6. The van der Waals surface area contributed by atoms with Crippen molar-refractivity contribution in [1.82, 2.24) is 9.71 Å². The normalized spacial score (nSPS) is 10.8. The molecule has 120 valence electrons. The largest absolute Gasteiger partial charge is 0.494 e. The fourth-order valence-electron chi connectivity index (χ4n) is 1.72. The maximum absolute atomic E-state index is 12.1. The summed E-state index contributed by atoms with van der Waals surface area (Å²) in [7, 11) is -2.82. The number of pyridine rings is 1. The molecule has 0 fully saturated rings. The Morgan fingerprint density at radius 1 is 1.22 bits per heavy atom. The van der Waals surface area contributed by atoms with Crippen molar-refractivity contribution in [2.45, 2.75) is 4.90 Å². The predicted octanol–water partition coefficient (Wildman–Crippen LogP) is 0.907. The van der Waals surface area contributed by atoms with E-state index in [9.17, 15) is 18.0 Å². The molecule has 9 heteroatoms. The van der Waals surface area contributed by atoms with Crippen molar-refractivity contribution >= 4 is 21.9 Å². The molecule has 2 rings (SSSR count). The van der Waals surface area contributed by atoms with Crippen molar-refractivity contribution in [3.63, 3.8) is 0 Å². The van der Waals surface area contributed by atoms with Crippen molar-refractivity contribution in [2.75, 3.05) is 7.11 Å². The van der Waals surface area contributed by atoms with Gasteiger partial charge in [-0.25, -0.2) is 22.9 Å². The van der Waals surface area contributed by atoms with Crippen LogP contribution in [0.1, 0.15) is 20.8 Å². The van der Waals surface area contributed by atoms with Gasteiger partial charge in [0.1, 0.15) is 0 Å². The summed E-state index contributed by atoms with van der Waals surface area (Å²) in [5.41, 5.74) is -0.527. The number of hydrogen-bond donors (Lipinski definition) is 2. The Hall–Kier alpha value is -2.94. The zero-order chi connectivity index (χ0) is 17.0. The summed E-state index contributed by atoms with van der Waals surface area (Å²) in [5.74, 6) is -2.43. The van der Waals surface area contributed by atoms with Crippen LogP contribution < -0.4 is 9.46 Å². The molecule has 0 bridgehead atoms. The molecule has 0 saturated heterocycles. The third-order valence-corrected chi connectivity index (χ3v) is 4.16. The van der Waals surface area contributed by atoms with E-state index < -0.39 is 21.9 Å². The molecule has 23 heavy (non-hydrogen) atoms. The lowest BCUT2D eigenvalue weighted by molar-refractivity contribution is 0.0685. The van der Waals surface area contributed by atoms with Crippen LogP contribution in [0.15, 0.2) is 47.5 Å². The van der Waals surface area contributed by atoms with Gasteiger partial charge < -0.3 is 9.84 Å². The number of rotatable bonds is 5. The number of sulfonamides is 1. The van der Waals surface area contributed by atoms with Crippen molar-refractivity contribution in [3.05, 3.63) is 53.9 Å². The van der Waals surface area contributed by atoms with Gasteiger partial charge in [-0.15, -0.1) is 0 Å². The topological polar surface area (TPSA) is 123 Å². The third-order valence-electron chi connectivity index (χ3n) is 2.82. The minimum absolute atomic E-state index is 0.0737. The summed E-state index contributed by atoms with van der Waals surface area (Å²) in [5, 5.41) is 8.92. The van der Waals surface area contributed by atoms with Gasteiger partial charge in [0, 0.05) is 6.20 Å². The number of aromatic carboxylic acids is 1. The van der Waals surface area contributed by atoms with E-state index in [4.69, 9.17) is 9.84 Å². The average molecular weight is 336 g/mol. The molecule has 0 saturated carbocycles. The van der Waals surface area contributed by atoms with E-state index in [1.165, 1.54) is 31.4 Å². The molecule has 0 atom stereocenters. The Bertz CT molecular complexity index is 849. The number of nitrogens with one attached hydrogen (secondary N) is 1. The molecule has 2 aromatic rings. The number of ether oxygens (including phenoxy) is 1. The van der Waals surface area contributed by atoms with Gasteiger partial charge in [-0.2, -0.15) is 0 Å². The quantitative estimate of drug-likeness (QED) is 0.831. The monoisotopic (exact) mass is 336 g/mol. The van der Waals surface area contributed by atoms with Crippen molar-refractivity contribution in [2.24, 2.45) is 0 Å². The minimum Gasteiger partial charge on any atom is -0.494 e. The summed E-state index contributed by atoms with van der Waals surface area (Å²) < 4.78 is 30.9. The van der Waals surface area contributed by atoms with E-state index in [0.29, 0.717) is 0 Å². The number of carbonyl (C=O) groups is 2. The lowest BCUT2D eigenvalue weighted by Gasteiger charge is -2.09. The van der Waals surface area contributed by atoms with Gasteiger partial charge in [-0.3, -0.25) is 4.79 Å². The highest BCUT2D eigenvalue weighted by molar-refractivity contribution is 7.90. The van der Waals surface area contributed by atoms with E-state index in [-0.39, 0.29) is 21.9 Å². The first-order valence-electron chi connectivity index (χ1n) is 6.24. The van der Waals surface area contributed by atoms with E-state index >= 15 is 0 Å². The molecule has 1 aromatic heterocycles. The number of carboxylic acids is 1. The summed E-state index contributed by atoms with van der Waals surface area (Å²) in [6.45, 7) is 0. The number of methoxy groups -OCH3 is 1. The summed E-state index contributed by atoms with van der Waals surface area (Å²) >= 11 is 0. The van der Waals surface area contributed by atoms with Gasteiger partial charge in [0.2, 0.25) is 0 Å². The average Bonchev–Trinajstić information content (AvgIpc) is 2.54. The van der Waals surface area contributed by atoms with Crippen LogP contribution in [0.2, 0.25) is 0 Å². The molecule has 0 unspecified atom stereocenters. The SMILES string of the molecule is COc1cc(C(=O)NS(=O)(=O)c2ccccc2)cnc1C(=O)O. The number of amides is 1. The Morgan fingerprint density at radius 2 is 1.87 bits per heavy atom. The van der Waals surface area contributed by atoms with Gasteiger partial charge in [0.25, 0.3) is 15.9 Å². The maximum atomic E-state index is 12.1. The molecule has 1 aromatic carbocycles. The number of carboxylic acid groups (broad SMARTS) is 1. The van der Waals surface area contributed by atoms with Crippen LogP contribution in [0.25, 0.3) is 0 Å². The van der Waals surface area contributed by atoms with Crippen LogP contribution in [0.5, 0.6) is 5.75 Å². The smallest absolute Gasteiger partial charge is 0.358 e. The molecule has 0 aliphatic heterocycles. The van der Waals surface area contributed by atoms with Gasteiger partial charge in [-0.1, -0.05) is 18.2 Å². The van der Waals surface area contributed by atoms with Crippen LogP contribution in [0.4, 0.5) is 0 Å². The zero-order valence-corrected chi connectivity index (χ0v) is 12.7. The summed E-state index contributed by atoms with van der Waals surface area (Å²) in [6, 6.07) is 8.45. The van der Waals surface area contributed by atoms with Crippen molar-refractivity contribution in [1.29, 1.82) is 0 Å². The first-order chi connectivity index (χ1) is 10.8. The van der Waals surface area contributed by atoms with Crippen LogP contribution in [-0.4, -0.2) is 37.5 Å². The zero-order valence-electron chi connectivity index (χ0n) is 11.9. The highest BCUT2D eigenvalue weighted by Gasteiger charge is 2.21. The molecule has 0 aliphatic carbocycles. The predicted molar refractivity (Wildman–Crippen MR) is 78.8 cm³/mol. The molecule has 1 heterocycles. The van der Waals surface area contributed by atoms with Crippen LogP contribution in [0.3, 0.4) is 0 Å². The lowest BCUT2D eigenvalue weighted by Crippen LogP contribution is -2.30. The fourth-order valence-corrected chi connectivity index (χ4v) is 2.72. The Morgan fingerprint density at radius 3 is 2.43 bits per heavy atom. The Balaban J connectivity index is 2.30. The maximum Gasteiger partial charge on any atom is 0.358 e. The molecule has 0 aliphatic rings. The van der Waals surface area contributed by atoms with Gasteiger partial charge in [-0.05, 0) is 18.2 Å². The molecule has 0 spiro atoms. The van der Waals surface area contributed by atoms with Crippen LogP contribution >= 0.6 is 0 Å². The van der Waals surface area contributed by atoms with Crippen molar-refractivity contribution < 1.29 is 27.9 Å². The minimum atomic E-state index is -4.04. The highest BCUT2D eigenvalue weighted by atomic mass is 32.2. The number of benzene rings is 1. The second-order valence-corrected chi connectivity index (χ2v) is 6.01. The molecule has 1 amide bonds. The second kappa shape index (κ2) is 6.44. The molecule has 8 nitrogen and oxygen atoms in total. The number of nitrogens with zero attached hydrogens (tertiary/aromatic N) is 1. The first kappa shape index (κ1) is 16.4. The number of carbonyl (C=O) groups excluding carboxylic acids is 1. The summed E-state index contributed by atoms with van der Waals surface area (Å²) in [4.78, 5) is 26.5. The third kappa shape index (κ3) is 3.64. The van der Waals surface area contributed by atoms with E-state index in [1.54, 1.807) is 6.07 Å². The molecular weight excluding hydrogens is 324 g/mol. The Labute approximate surface area is 131 Å². The highest BCUT2D eigenvalue weighted by Crippen LogP contribution is 2.18. The molecular formula is C14H12N2O6S. The standard InChI is InChI=1S/C14H12N2O6S/c1-22-11-7-9(8-15-12(11)14(18)19)13(17)16-23(20,21)10-5-3-2-4-6-10/h2-8H,1H3,(H,16,17)(H,18,19). The Kier molecular flexibility index (Phi) is 4.60.